The van der Waals surface area contributed by atoms with E-state index in [0.29, 0.717) is 27.7 Å². The van der Waals surface area contributed by atoms with Crippen LogP contribution in [0.4, 0.5) is 0 Å². The van der Waals surface area contributed by atoms with E-state index in [1.165, 1.54) is 7.11 Å². The first-order valence-corrected chi connectivity index (χ1v) is 10.5. The quantitative estimate of drug-likeness (QED) is 0.296. The summed E-state index contributed by atoms with van der Waals surface area (Å²) in [5.74, 6) is -0.151. The summed E-state index contributed by atoms with van der Waals surface area (Å²) in [5, 5.41) is 27.4. The van der Waals surface area contributed by atoms with Gasteiger partial charge in [0, 0.05) is 27.7 Å². The molecule has 2 aromatic carbocycles. The van der Waals surface area contributed by atoms with E-state index < -0.39 is 5.97 Å². The van der Waals surface area contributed by atoms with Crippen LogP contribution in [0.2, 0.25) is 5.02 Å². The fourth-order valence-electron chi connectivity index (χ4n) is 3.25. The van der Waals surface area contributed by atoms with Crippen molar-refractivity contribution in [2.24, 2.45) is 0 Å². The van der Waals surface area contributed by atoms with E-state index >= 15 is 0 Å². The lowest BCUT2D eigenvalue weighted by molar-refractivity contribution is -0.131. The number of para-hydroxylation sites is 1. The van der Waals surface area contributed by atoms with Gasteiger partial charge < -0.3 is 14.4 Å². The molecule has 0 bridgehead atoms. The molecule has 4 aromatic rings. The smallest absolute Gasteiger partial charge is 0.342 e. The highest BCUT2D eigenvalue weighted by molar-refractivity contribution is 8.04. The van der Waals surface area contributed by atoms with Crippen molar-refractivity contribution < 1.29 is 14.6 Å². The van der Waals surface area contributed by atoms with E-state index in [1.807, 2.05) is 24.3 Å². The summed E-state index contributed by atoms with van der Waals surface area (Å²) in [7, 11) is 1.53. The van der Waals surface area contributed by atoms with E-state index in [0.717, 1.165) is 22.7 Å². The Morgan fingerprint density at radius 1 is 1.38 bits per heavy atom. The summed E-state index contributed by atoms with van der Waals surface area (Å²) < 4.78 is 7.12. The van der Waals surface area contributed by atoms with Gasteiger partial charge in [-0.3, -0.25) is 5.10 Å². The molecular weight excluding hydrogens is 450 g/mol. The molecule has 0 saturated heterocycles. The van der Waals surface area contributed by atoms with Gasteiger partial charge in [0.25, 0.3) is 0 Å². The fourth-order valence-corrected chi connectivity index (χ4v) is 4.12. The number of carboxylic acids is 1. The molecule has 10 heteroatoms. The van der Waals surface area contributed by atoms with Gasteiger partial charge in [0.1, 0.15) is 17.2 Å². The standard InChI is InChI=1S/C22H16ClN5O3S/c1-31-18-7-6-14(23)11-16(18)20-25-22(27-26-20)32-19(21(29)30)10-13-12-28(9-8-24)17-5-3-2-4-15(13)17/h2-7,10-12H,9H2,1H3,(H,29,30)(H,25,26,27)/b19-10-. The summed E-state index contributed by atoms with van der Waals surface area (Å²) in [6.45, 7) is 0.162. The van der Waals surface area contributed by atoms with Crippen LogP contribution < -0.4 is 4.74 Å². The van der Waals surface area contributed by atoms with Crippen LogP contribution in [0.3, 0.4) is 0 Å². The minimum Gasteiger partial charge on any atom is -0.496 e. The number of H-pyrrole nitrogens is 1. The maximum atomic E-state index is 11.9. The van der Waals surface area contributed by atoms with Crippen molar-refractivity contribution in [2.45, 2.75) is 11.7 Å². The summed E-state index contributed by atoms with van der Waals surface area (Å²) in [6.07, 6.45) is 3.32. The molecule has 32 heavy (non-hydrogen) atoms. The Morgan fingerprint density at radius 2 is 2.19 bits per heavy atom. The minimum atomic E-state index is -1.11. The van der Waals surface area contributed by atoms with Crippen LogP contribution in [-0.2, 0) is 11.3 Å². The topological polar surface area (TPSA) is 117 Å². The van der Waals surface area contributed by atoms with E-state index in [9.17, 15) is 9.90 Å². The van der Waals surface area contributed by atoms with Crippen molar-refractivity contribution in [1.29, 1.82) is 5.26 Å². The molecule has 0 aliphatic rings. The summed E-state index contributed by atoms with van der Waals surface area (Å²) in [5.41, 5.74) is 2.15. The fraction of sp³-hybridized carbons (Fsp3) is 0.0909. The van der Waals surface area contributed by atoms with Crippen LogP contribution >= 0.6 is 23.4 Å². The first kappa shape index (κ1) is 21.5. The third-order valence-electron chi connectivity index (χ3n) is 4.64. The molecule has 0 spiro atoms. The summed E-state index contributed by atoms with van der Waals surface area (Å²) >= 11 is 7.00. The molecular formula is C22H16ClN5O3S. The van der Waals surface area contributed by atoms with Crippen LogP contribution in [0, 0.1) is 11.3 Å². The van der Waals surface area contributed by atoms with Gasteiger partial charge in [0.05, 0.1) is 18.7 Å². The number of fused-ring (bicyclic) bond motifs is 1. The van der Waals surface area contributed by atoms with Gasteiger partial charge in [-0.1, -0.05) is 29.8 Å². The number of carboxylic acid groups (broad SMARTS) is 1. The number of hydrogen-bond donors (Lipinski definition) is 2. The number of nitrogens with zero attached hydrogens (tertiary/aromatic N) is 4. The zero-order chi connectivity index (χ0) is 22.7. The van der Waals surface area contributed by atoms with Gasteiger partial charge >= 0.3 is 5.97 Å². The van der Waals surface area contributed by atoms with Gasteiger partial charge in [-0.05, 0) is 42.1 Å². The first-order chi connectivity index (χ1) is 15.5. The number of benzene rings is 2. The Bertz CT molecular complexity index is 1390. The number of methoxy groups -OCH3 is 1. The van der Waals surface area contributed by atoms with E-state index in [4.69, 9.17) is 21.6 Å². The molecule has 0 radical (unpaired) electrons. The van der Waals surface area contributed by atoms with Gasteiger partial charge in [-0.15, -0.1) is 5.10 Å². The number of nitriles is 1. The van der Waals surface area contributed by atoms with Gasteiger partial charge in [-0.2, -0.15) is 5.26 Å². The number of nitrogens with one attached hydrogen (secondary N) is 1. The normalized spacial score (nSPS) is 11.5. The average Bonchev–Trinajstić information content (AvgIpc) is 3.39. The van der Waals surface area contributed by atoms with Crippen molar-refractivity contribution in [3.05, 3.63) is 64.2 Å². The number of aliphatic carboxylic acids is 1. The lowest BCUT2D eigenvalue weighted by Crippen LogP contribution is -1.97. The van der Waals surface area contributed by atoms with Crippen LogP contribution in [0.25, 0.3) is 28.4 Å². The molecule has 160 valence electrons. The molecule has 8 nitrogen and oxygen atoms in total. The number of aromatic amines is 1. The molecule has 0 atom stereocenters. The average molecular weight is 466 g/mol. The highest BCUT2D eigenvalue weighted by Crippen LogP contribution is 2.33. The molecule has 2 heterocycles. The lowest BCUT2D eigenvalue weighted by Gasteiger charge is -2.05. The summed E-state index contributed by atoms with van der Waals surface area (Å²) in [6, 6.07) is 14.7. The zero-order valence-corrected chi connectivity index (χ0v) is 18.3. The second-order valence-corrected chi connectivity index (χ2v) is 8.06. The van der Waals surface area contributed by atoms with Gasteiger partial charge in [0.2, 0.25) is 5.16 Å². The molecule has 0 saturated carbocycles. The third kappa shape index (κ3) is 4.32. The molecule has 4 rings (SSSR count). The first-order valence-electron chi connectivity index (χ1n) is 9.34. The van der Waals surface area contributed by atoms with E-state index in [1.54, 1.807) is 35.0 Å². The Labute approximate surface area is 192 Å². The number of halogens is 1. The molecule has 0 aliphatic carbocycles. The van der Waals surface area contributed by atoms with Crippen molar-refractivity contribution >= 4 is 46.3 Å². The number of carbonyl (C=O) groups is 1. The number of thioether (sulfide) groups is 1. The third-order valence-corrected chi connectivity index (χ3v) is 5.75. The zero-order valence-electron chi connectivity index (χ0n) is 16.7. The number of aromatic nitrogens is 4. The van der Waals surface area contributed by atoms with Crippen molar-refractivity contribution in [3.63, 3.8) is 0 Å². The summed E-state index contributed by atoms with van der Waals surface area (Å²) in [4.78, 5) is 16.4. The number of ether oxygens (including phenoxy) is 1. The van der Waals surface area contributed by atoms with Gasteiger partial charge in [0.15, 0.2) is 5.82 Å². The van der Waals surface area contributed by atoms with Crippen molar-refractivity contribution in [2.75, 3.05) is 7.11 Å². The number of hydrogen-bond acceptors (Lipinski definition) is 6. The Kier molecular flexibility index (Phi) is 6.16. The maximum Gasteiger partial charge on any atom is 0.342 e. The van der Waals surface area contributed by atoms with Gasteiger partial charge in [-0.25, -0.2) is 9.78 Å². The lowest BCUT2D eigenvalue weighted by atomic mass is 10.1. The maximum absolute atomic E-state index is 11.9. The molecule has 2 N–H and O–H groups in total. The largest absolute Gasteiger partial charge is 0.496 e. The predicted molar refractivity (Wildman–Crippen MR) is 122 cm³/mol. The molecule has 0 fully saturated rings. The minimum absolute atomic E-state index is 0.0356. The van der Waals surface area contributed by atoms with E-state index in [-0.39, 0.29) is 16.6 Å². The van der Waals surface area contributed by atoms with Crippen molar-refractivity contribution in [3.8, 4) is 23.2 Å². The van der Waals surface area contributed by atoms with Crippen LogP contribution in [0.1, 0.15) is 5.56 Å². The second-order valence-electron chi connectivity index (χ2n) is 6.61. The van der Waals surface area contributed by atoms with E-state index in [2.05, 4.69) is 21.3 Å². The highest BCUT2D eigenvalue weighted by Gasteiger charge is 2.17. The van der Waals surface area contributed by atoms with Crippen molar-refractivity contribution in [1.82, 2.24) is 19.7 Å². The molecule has 0 unspecified atom stereocenters. The molecule has 0 aliphatic heterocycles. The molecule has 0 amide bonds. The molecule has 2 aromatic heterocycles. The predicted octanol–water partition coefficient (Wildman–Crippen LogP) is 4.83. The van der Waals surface area contributed by atoms with Crippen LogP contribution in [0.5, 0.6) is 5.75 Å². The van der Waals surface area contributed by atoms with Crippen LogP contribution in [0.15, 0.2) is 58.7 Å². The Balaban J connectivity index is 1.69. The highest BCUT2D eigenvalue weighted by atomic mass is 35.5. The Morgan fingerprint density at radius 3 is 2.94 bits per heavy atom. The van der Waals surface area contributed by atoms with Crippen LogP contribution in [-0.4, -0.2) is 37.9 Å². The Hall–Kier alpha value is -3.74. The SMILES string of the molecule is COc1ccc(Cl)cc1-c1nc(S/C(=C\c2cn(CC#N)c3ccccc23)C(=O)O)n[nH]1. The number of rotatable bonds is 7. The second kappa shape index (κ2) is 9.18. The monoisotopic (exact) mass is 465 g/mol.